The van der Waals surface area contributed by atoms with Crippen molar-refractivity contribution in [3.8, 4) is 0 Å². The molecule has 0 bridgehead atoms. The largest absolute Gasteiger partial charge is 0.299 e. The molecule has 0 aromatic carbocycles. The maximum atomic E-state index is 12.4. The van der Waals surface area contributed by atoms with Crippen molar-refractivity contribution in [3.63, 3.8) is 0 Å². The van der Waals surface area contributed by atoms with Gasteiger partial charge in [-0.25, -0.2) is 0 Å². The fourth-order valence-electron chi connectivity index (χ4n) is 6.33. The molecule has 4 rings (SSSR count). The monoisotopic (exact) mass is 286 g/mol. The summed E-state index contributed by atoms with van der Waals surface area (Å²) in [6.45, 7) is 4.64. The molecule has 0 radical (unpaired) electrons. The van der Waals surface area contributed by atoms with Gasteiger partial charge < -0.3 is 0 Å². The van der Waals surface area contributed by atoms with Crippen LogP contribution in [-0.4, -0.2) is 11.6 Å². The molecule has 3 fully saturated rings. The highest BCUT2D eigenvalue weighted by molar-refractivity contribution is 5.91. The topological polar surface area (TPSA) is 34.1 Å². The second kappa shape index (κ2) is 4.30. The van der Waals surface area contributed by atoms with E-state index in [1.54, 1.807) is 0 Å². The number of ketones is 2. The second-order valence-corrected chi connectivity index (χ2v) is 8.39. The Kier molecular flexibility index (Phi) is 2.81. The van der Waals surface area contributed by atoms with Crippen LogP contribution < -0.4 is 0 Å². The van der Waals surface area contributed by atoms with E-state index in [1.807, 2.05) is 6.08 Å². The predicted molar refractivity (Wildman–Crippen MR) is 81.7 cm³/mol. The van der Waals surface area contributed by atoms with Gasteiger partial charge in [0.15, 0.2) is 5.78 Å². The summed E-state index contributed by atoms with van der Waals surface area (Å²) in [4.78, 5) is 24.1. The Bertz CT molecular complexity index is 546. The zero-order valence-electron chi connectivity index (χ0n) is 13.3. The number of rotatable bonds is 0. The van der Waals surface area contributed by atoms with Gasteiger partial charge in [-0.3, -0.25) is 9.59 Å². The SMILES string of the molecule is C[C@]12CCC(=O)C=C1CC[C@@H]1[C@H]2CC[C@]2(C)C(=O)CC[C@@H]12. The Balaban J connectivity index is 1.70. The van der Waals surface area contributed by atoms with Crippen molar-refractivity contribution in [2.75, 3.05) is 0 Å². The van der Waals surface area contributed by atoms with Crippen LogP contribution >= 0.6 is 0 Å². The smallest absolute Gasteiger partial charge is 0.155 e. The highest BCUT2D eigenvalue weighted by Gasteiger charge is 2.58. The first-order chi connectivity index (χ1) is 9.95. The van der Waals surface area contributed by atoms with Crippen molar-refractivity contribution in [2.45, 2.75) is 65.2 Å². The molecule has 0 aliphatic heterocycles. The highest BCUT2D eigenvalue weighted by atomic mass is 16.1. The lowest BCUT2D eigenvalue weighted by atomic mass is 9.47. The van der Waals surface area contributed by atoms with Gasteiger partial charge >= 0.3 is 0 Å². The summed E-state index contributed by atoms with van der Waals surface area (Å²) in [5.74, 6) is 2.88. The quantitative estimate of drug-likeness (QED) is 0.672. The lowest BCUT2D eigenvalue weighted by Crippen LogP contribution is -2.50. The van der Waals surface area contributed by atoms with E-state index in [2.05, 4.69) is 13.8 Å². The summed E-state index contributed by atoms with van der Waals surface area (Å²) in [6.07, 6.45) is 10.2. The Morgan fingerprint density at radius 2 is 1.67 bits per heavy atom. The summed E-state index contributed by atoms with van der Waals surface area (Å²) in [7, 11) is 0. The summed E-state index contributed by atoms with van der Waals surface area (Å²) in [5, 5.41) is 0. The van der Waals surface area contributed by atoms with Gasteiger partial charge in [0, 0.05) is 18.3 Å². The standard InChI is InChI=1S/C19H26O2/c1-18-9-7-13(20)11-12(18)3-4-14-15-5-6-17(21)19(15,2)10-8-16(14)18/h11,14-16H,3-10H2,1-2H3/t14-,15-,16+,18-,19-/m0/s1. The highest BCUT2D eigenvalue weighted by Crippen LogP contribution is 2.64. The maximum Gasteiger partial charge on any atom is 0.155 e. The minimum absolute atomic E-state index is 0.0246. The average molecular weight is 286 g/mol. The molecule has 2 heteroatoms. The van der Waals surface area contributed by atoms with Gasteiger partial charge in [-0.1, -0.05) is 19.4 Å². The van der Waals surface area contributed by atoms with Gasteiger partial charge in [-0.15, -0.1) is 0 Å². The number of carbonyl (C=O) groups is 2. The summed E-state index contributed by atoms with van der Waals surface area (Å²) in [6, 6.07) is 0. The predicted octanol–water partition coefficient (Wildman–Crippen LogP) is 4.09. The third-order valence-corrected chi connectivity index (χ3v) is 7.67. The molecule has 21 heavy (non-hydrogen) atoms. The first kappa shape index (κ1) is 13.7. The van der Waals surface area contributed by atoms with E-state index in [0.29, 0.717) is 29.3 Å². The minimum atomic E-state index is -0.0246. The molecule has 3 saturated carbocycles. The molecule has 0 saturated heterocycles. The molecule has 0 aromatic heterocycles. The first-order valence-corrected chi connectivity index (χ1v) is 8.72. The van der Waals surface area contributed by atoms with Crippen molar-refractivity contribution in [1.82, 2.24) is 0 Å². The maximum absolute atomic E-state index is 12.4. The molecule has 0 spiro atoms. The summed E-state index contributed by atoms with van der Waals surface area (Å²) >= 11 is 0. The van der Waals surface area contributed by atoms with Crippen LogP contribution in [0.1, 0.15) is 65.2 Å². The molecule has 0 N–H and O–H groups in total. The van der Waals surface area contributed by atoms with E-state index >= 15 is 0 Å². The van der Waals surface area contributed by atoms with Crippen molar-refractivity contribution in [2.24, 2.45) is 28.6 Å². The van der Waals surface area contributed by atoms with Crippen LogP contribution in [0.3, 0.4) is 0 Å². The third-order valence-electron chi connectivity index (χ3n) is 7.67. The van der Waals surface area contributed by atoms with E-state index in [1.165, 1.54) is 18.4 Å². The van der Waals surface area contributed by atoms with Crippen molar-refractivity contribution in [3.05, 3.63) is 11.6 Å². The Hall–Kier alpha value is -0.920. The summed E-state index contributed by atoms with van der Waals surface area (Å²) < 4.78 is 0. The van der Waals surface area contributed by atoms with Crippen LogP contribution in [0.25, 0.3) is 0 Å². The molecule has 2 nitrogen and oxygen atoms in total. The van der Waals surface area contributed by atoms with Crippen LogP contribution in [0.4, 0.5) is 0 Å². The number of hydrogen-bond acceptors (Lipinski definition) is 2. The number of carbonyl (C=O) groups excluding carboxylic acids is 2. The van der Waals surface area contributed by atoms with E-state index in [9.17, 15) is 9.59 Å². The van der Waals surface area contributed by atoms with E-state index in [-0.39, 0.29) is 10.8 Å². The van der Waals surface area contributed by atoms with E-state index < -0.39 is 0 Å². The lowest BCUT2D eigenvalue weighted by Gasteiger charge is -2.56. The van der Waals surface area contributed by atoms with E-state index in [0.717, 1.165) is 38.5 Å². The van der Waals surface area contributed by atoms with Gasteiger partial charge in [0.05, 0.1) is 0 Å². The molecule has 0 unspecified atom stereocenters. The van der Waals surface area contributed by atoms with Crippen molar-refractivity contribution < 1.29 is 9.59 Å². The second-order valence-electron chi connectivity index (χ2n) is 8.39. The van der Waals surface area contributed by atoms with Crippen LogP contribution in [0.5, 0.6) is 0 Å². The van der Waals surface area contributed by atoms with Crippen LogP contribution in [0.15, 0.2) is 11.6 Å². The Morgan fingerprint density at radius 3 is 2.48 bits per heavy atom. The molecule has 5 atom stereocenters. The molecule has 0 aromatic rings. The van der Waals surface area contributed by atoms with Gasteiger partial charge in [0.1, 0.15) is 5.78 Å². The van der Waals surface area contributed by atoms with E-state index in [4.69, 9.17) is 0 Å². The fourth-order valence-corrected chi connectivity index (χ4v) is 6.33. The van der Waals surface area contributed by atoms with Crippen molar-refractivity contribution >= 4 is 11.6 Å². The van der Waals surface area contributed by atoms with Gasteiger partial charge in [0.25, 0.3) is 0 Å². The zero-order chi connectivity index (χ0) is 14.8. The third kappa shape index (κ3) is 1.71. The van der Waals surface area contributed by atoms with Gasteiger partial charge in [-0.05, 0) is 67.8 Å². The fraction of sp³-hybridized carbons (Fsp3) is 0.789. The number of hydrogen-bond donors (Lipinski definition) is 0. The first-order valence-electron chi connectivity index (χ1n) is 8.72. The van der Waals surface area contributed by atoms with Crippen molar-refractivity contribution in [1.29, 1.82) is 0 Å². The molecule has 114 valence electrons. The summed E-state index contributed by atoms with van der Waals surface area (Å²) in [5.41, 5.74) is 1.64. The van der Waals surface area contributed by atoms with Crippen LogP contribution in [0, 0.1) is 28.6 Å². The Morgan fingerprint density at radius 1 is 0.905 bits per heavy atom. The van der Waals surface area contributed by atoms with Gasteiger partial charge in [-0.2, -0.15) is 0 Å². The average Bonchev–Trinajstić information content (AvgIpc) is 2.76. The van der Waals surface area contributed by atoms with Crippen LogP contribution in [0.2, 0.25) is 0 Å². The Labute approximate surface area is 127 Å². The zero-order valence-corrected chi connectivity index (χ0v) is 13.3. The van der Waals surface area contributed by atoms with Crippen LogP contribution in [-0.2, 0) is 9.59 Å². The molecule has 4 aliphatic carbocycles. The molecular weight excluding hydrogens is 260 g/mol. The molecule has 0 amide bonds. The molecule has 4 aliphatic rings. The number of fused-ring (bicyclic) bond motifs is 5. The number of Topliss-reactive ketones (excluding diaryl/α,β-unsaturated/α-hetero) is 1. The minimum Gasteiger partial charge on any atom is -0.299 e. The van der Waals surface area contributed by atoms with Gasteiger partial charge in [0.2, 0.25) is 0 Å². The lowest BCUT2D eigenvalue weighted by molar-refractivity contribution is -0.132. The normalized spacial score (nSPS) is 49.2. The molecule has 0 heterocycles. The molecular formula is C19H26O2. The number of allylic oxidation sites excluding steroid dienone is 1.